The molecule has 2 aromatic carbocycles. The van der Waals surface area contributed by atoms with E-state index < -0.39 is 22.5 Å². The number of carbonyl (C=O) groups excluding carboxylic acids is 2. The molecule has 1 heterocycles. The molecular formula is C23H26N4O4S. The lowest BCUT2D eigenvalue weighted by Crippen LogP contribution is -2.38. The molecule has 0 atom stereocenters. The third-order valence-electron chi connectivity index (χ3n) is 5.15. The van der Waals surface area contributed by atoms with Gasteiger partial charge in [0, 0.05) is 18.3 Å². The zero-order valence-corrected chi connectivity index (χ0v) is 19.5. The maximum Gasteiger partial charge on any atom is 0.268 e. The molecule has 0 bridgehead atoms. The SMILES string of the molecule is CC(=O)c1cccc(NC(=O)CN(c2ccc(C)cc2)S(=O)(=O)c2c(C)nn(C)c2C)c1. The highest BCUT2D eigenvalue weighted by atomic mass is 32.2. The molecule has 0 spiro atoms. The summed E-state index contributed by atoms with van der Waals surface area (Å²) in [6, 6.07) is 13.4. The first-order valence-corrected chi connectivity index (χ1v) is 11.4. The van der Waals surface area contributed by atoms with Crippen molar-refractivity contribution in [2.24, 2.45) is 7.05 Å². The van der Waals surface area contributed by atoms with Crippen LogP contribution in [-0.4, -0.2) is 36.4 Å². The molecule has 8 nitrogen and oxygen atoms in total. The molecule has 0 aliphatic carbocycles. The standard InChI is InChI=1S/C23H26N4O4S/c1-15-9-11-21(12-10-15)27(32(30,31)23-16(2)25-26(5)17(23)3)14-22(29)24-20-8-6-7-19(13-20)18(4)28/h6-13H,14H2,1-5H3,(H,24,29). The molecule has 168 valence electrons. The van der Waals surface area contributed by atoms with Crippen LogP contribution in [0.15, 0.2) is 53.4 Å². The van der Waals surface area contributed by atoms with Gasteiger partial charge in [0.15, 0.2) is 5.78 Å². The Morgan fingerprint density at radius 2 is 1.72 bits per heavy atom. The van der Waals surface area contributed by atoms with E-state index in [9.17, 15) is 18.0 Å². The average molecular weight is 455 g/mol. The normalized spacial score (nSPS) is 11.3. The van der Waals surface area contributed by atoms with Gasteiger partial charge in [-0.25, -0.2) is 8.42 Å². The lowest BCUT2D eigenvalue weighted by atomic mass is 10.1. The van der Waals surface area contributed by atoms with E-state index in [1.165, 1.54) is 11.6 Å². The topological polar surface area (TPSA) is 101 Å². The fraction of sp³-hybridized carbons (Fsp3) is 0.261. The van der Waals surface area contributed by atoms with Crippen LogP contribution in [-0.2, 0) is 21.9 Å². The van der Waals surface area contributed by atoms with Crippen molar-refractivity contribution in [3.05, 3.63) is 71.0 Å². The van der Waals surface area contributed by atoms with Gasteiger partial charge in [0.2, 0.25) is 5.91 Å². The van der Waals surface area contributed by atoms with Crippen molar-refractivity contribution in [3.8, 4) is 0 Å². The number of nitrogens with zero attached hydrogens (tertiary/aromatic N) is 3. The molecule has 0 aliphatic rings. The van der Waals surface area contributed by atoms with Crippen molar-refractivity contribution in [1.29, 1.82) is 0 Å². The van der Waals surface area contributed by atoms with Gasteiger partial charge in [0.25, 0.3) is 10.0 Å². The van der Waals surface area contributed by atoms with E-state index in [4.69, 9.17) is 0 Å². The van der Waals surface area contributed by atoms with E-state index in [1.54, 1.807) is 69.4 Å². The van der Waals surface area contributed by atoms with Crippen molar-refractivity contribution < 1.29 is 18.0 Å². The highest BCUT2D eigenvalue weighted by molar-refractivity contribution is 7.93. The quantitative estimate of drug-likeness (QED) is 0.552. The second-order valence-electron chi connectivity index (χ2n) is 7.66. The number of aromatic nitrogens is 2. The minimum Gasteiger partial charge on any atom is -0.324 e. The zero-order valence-electron chi connectivity index (χ0n) is 18.7. The van der Waals surface area contributed by atoms with Gasteiger partial charge in [-0.15, -0.1) is 0 Å². The fourth-order valence-corrected chi connectivity index (χ4v) is 5.24. The van der Waals surface area contributed by atoms with Gasteiger partial charge in [0.1, 0.15) is 11.4 Å². The van der Waals surface area contributed by atoms with E-state index in [1.807, 2.05) is 6.92 Å². The Kier molecular flexibility index (Phi) is 6.50. The van der Waals surface area contributed by atoms with E-state index in [-0.39, 0.29) is 10.7 Å². The van der Waals surface area contributed by atoms with Crippen LogP contribution >= 0.6 is 0 Å². The minimum absolute atomic E-state index is 0.0759. The lowest BCUT2D eigenvalue weighted by Gasteiger charge is -2.24. The molecule has 0 unspecified atom stereocenters. The van der Waals surface area contributed by atoms with Crippen molar-refractivity contribution in [1.82, 2.24) is 9.78 Å². The summed E-state index contributed by atoms with van der Waals surface area (Å²) in [5, 5.41) is 6.91. The van der Waals surface area contributed by atoms with Gasteiger partial charge in [-0.3, -0.25) is 18.6 Å². The first kappa shape index (κ1) is 23.2. The maximum absolute atomic E-state index is 13.7. The van der Waals surface area contributed by atoms with Crippen LogP contribution in [0.3, 0.4) is 0 Å². The Balaban J connectivity index is 1.98. The van der Waals surface area contributed by atoms with Gasteiger partial charge in [-0.05, 0) is 52.0 Å². The van der Waals surface area contributed by atoms with Crippen LogP contribution in [0.25, 0.3) is 0 Å². The Hall–Kier alpha value is -3.46. The smallest absolute Gasteiger partial charge is 0.268 e. The molecule has 32 heavy (non-hydrogen) atoms. The summed E-state index contributed by atoms with van der Waals surface area (Å²) in [6.07, 6.45) is 0. The van der Waals surface area contributed by atoms with Crippen LogP contribution in [0.4, 0.5) is 11.4 Å². The molecule has 0 aliphatic heterocycles. The van der Waals surface area contributed by atoms with Crippen molar-refractivity contribution >= 4 is 33.1 Å². The highest BCUT2D eigenvalue weighted by Crippen LogP contribution is 2.28. The van der Waals surface area contributed by atoms with E-state index in [0.717, 1.165) is 9.87 Å². The predicted octanol–water partition coefficient (Wildman–Crippen LogP) is 3.38. The summed E-state index contributed by atoms with van der Waals surface area (Å²) in [5.41, 5.74) is 3.03. The molecule has 1 amide bonds. The molecule has 0 radical (unpaired) electrons. The maximum atomic E-state index is 13.7. The number of nitrogens with one attached hydrogen (secondary N) is 1. The van der Waals surface area contributed by atoms with Crippen LogP contribution in [0, 0.1) is 20.8 Å². The van der Waals surface area contributed by atoms with Gasteiger partial charge in [-0.1, -0.05) is 29.8 Å². The minimum atomic E-state index is -4.08. The second-order valence-corrected chi connectivity index (χ2v) is 9.46. The van der Waals surface area contributed by atoms with Crippen molar-refractivity contribution in [2.75, 3.05) is 16.2 Å². The van der Waals surface area contributed by atoms with Crippen LogP contribution in [0.5, 0.6) is 0 Å². The second kappa shape index (κ2) is 8.96. The van der Waals surface area contributed by atoms with Crippen LogP contribution < -0.4 is 9.62 Å². The van der Waals surface area contributed by atoms with Crippen LogP contribution in [0.1, 0.15) is 34.2 Å². The molecule has 9 heteroatoms. The number of Topliss-reactive ketones (excluding diaryl/α,β-unsaturated/α-hetero) is 1. The number of hydrogen-bond acceptors (Lipinski definition) is 5. The number of ketones is 1. The number of benzene rings is 2. The van der Waals surface area contributed by atoms with Crippen molar-refractivity contribution in [2.45, 2.75) is 32.6 Å². The Morgan fingerprint density at radius 1 is 1.06 bits per heavy atom. The van der Waals surface area contributed by atoms with E-state index >= 15 is 0 Å². The summed E-state index contributed by atoms with van der Waals surface area (Å²) in [5.74, 6) is -0.665. The fourth-order valence-electron chi connectivity index (χ4n) is 3.41. The summed E-state index contributed by atoms with van der Waals surface area (Å²) in [6.45, 7) is 6.19. The molecule has 1 aromatic heterocycles. The Labute approximate surface area is 187 Å². The number of rotatable bonds is 7. The van der Waals surface area contributed by atoms with E-state index in [0.29, 0.717) is 28.3 Å². The number of sulfonamides is 1. The monoisotopic (exact) mass is 454 g/mol. The Bertz CT molecular complexity index is 1280. The lowest BCUT2D eigenvalue weighted by molar-refractivity contribution is -0.114. The third-order valence-corrected chi connectivity index (χ3v) is 7.18. The summed E-state index contributed by atoms with van der Waals surface area (Å²) >= 11 is 0. The predicted molar refractivity (Wildman–Crippen MR) is 123 cm³/mol. The molecule has 0 fully saturated rings. The first-order chi connectivity index (χ1) is 15.0. The first-order valence-electron chi connectivity index (χ1n) is 10.0. The molecule has 3 aromatic rings. The highest BCUT2D eigenvalue weighted by Gasteiger charge is 2.32. The number of carbonyl (C=O) groups is 2. The zero-order chi connectivity index (χ0) is 23.6. The molecule has 1 N–H and O–H groups in total. The van der Waals surface area contributed by atoms with Gasteiger partial charge >= 0.3 is 0 Å². The average Bonchev–Trinajstić information content (AvgIpc) is 2.99. The third kappa shape index (κ3) is 4.72. The van der Waals surface area contributed by atoms with Gasteiger partial charge in [0.05, 0.1) is 17.1 Å². The molecule has 0 saturated carbocycles. The van der Waals surface area contributed by atoms with Crippen molar-refractivity contribution in [3.63, 3.8) is 0 Å². The number of amides is 1. The van der Waals surface area contributed by atoms with Crippen LogP contribution in [0.2, 0.25) is 0 Å². The number of aryl methyl sites for hydroxylation is 3. The Morgan fingerprint density at radius 3 is 2.28 bits per heavy atom. The summed E-state index contributed by atoms with van der Waals surface area (Å²) in [4.78, 5) is 24.6. The number of hydrogen-bond donors (Lipinski definition) is 1. The van der Waals surface area contributed by atoms with Gasteiger partial charge < -0.3 is 5.32 Å². The van der Waals surface area contributed by atoms with E-state index in [2.05, 4.69) is 10.4 Å². The van der Waals surface area contributed by atoms with Gasteiger partial charge in [-0.2, -0.15) is 5.10 Å². The summed E-state index contributed by atoms with van der Waals surface area (Å²) < 4.78 is 29.9. The number of anilines is 2. The summed E-state index contributed by atoms with van der Waals surface area (Å²) in [7, 11) is -2.41. The molecule has 3 rings (SSSR count). The molecular weight excluding hydrogens is 428 g/mol. The molecule has 0 saturated heterocycles. The largest absolute Gasteiger partial charge is 0.324 e.